The van der Waals surface area contributed by atoms with Crippen LogP contribution in [0.15, 0.2) is 54.6 Å². The van der Waals surface area contributed by atoms with E-state index in [1.807, 2.05) is 32.3 Å². The summed E-state index contributed by atoms with van der Waals surface area (Å²) in [4.78, 5) is 14.4. The van der Waals surface area contributed by atoms with E-state index in [1.54, 1.807) is 0 Å². The van der Waals surface area contributed by atoms with E-state index in [0.717, 1.165) is 6.42 Å². The molecule has 0 bridgehead atoms. The molecule has 0 aliphatic rings. The highest BCUT2D eigenvalue weighted by Gasteiger charge is 2.15. The van der Waals surface area contributed by atoms with Gasteiger partial charge in [-0.3, -0.25) is 4.79 Å². The standard InChI is InChI=1S/C22H31N3O/c1-5-18-11-13-19(14-12-18)17(2)23-16-22(26)24-15-21(25(3)4)20-9-7-6-8-10-20/h6-14,17,21,23H,5,15-16H2,1-4H3,(H,24,26). The summed E-state index contributed by atoms with van der Waals surface area (Å²) in [5.41, 5.74) is 3.73. The highest BCUT2D eigenvalue weighted by atomic mass is 16.1. The van der Waals surface area contributed by atoms with Crippen molar-refractivity contribution in [3.63, 3.8) is 0 Å². The van der Waals surface area contributed by atoms with Gasteiger partial charge in [0.05, 0.1) is 12.6 Å². The Kier molecular flexibility index (Phi) is 7.82. The molecule has 2 aromatic carbocycles. The van der Waals surface area contributed by atoms with Gasteiger partial charge in [-0.1, -0.05) is 61.5 Å². The van der Waals surface area contributed by atoms with Crippen LogP contribution in [0.5, 0.6) is 0 Å². The van der Waals surface area contributed by atoms with Crippen LogP contribution in [0, 0.1) is 0 Å². The molecule has 0 saturated carbocycles. The normalized spacial score (nSPS) is 13.4. The van der Waals surface area contributed by atoms with Crippen molar-refractivity contribution in [3.05, 3.63) is 71.3 Å². The van der Waals surface area contributed by atoms with Crippen LogP contribution in [0.4, 0.5) is 0 Å². The third kappa shape index (κ3) is 5.97. The van der Waals surface area contributed by atoms with Gasteiger partial charge in [0.25, 0.3) is 0 Å². The number of nitrogens with zero attached hydrogens (tertiary/aromatic N) is 1. The predicted octanol–water partition coefficient (Wildman–Crippen LogP) is 3.32. The van der Waals surface area contributed by atoms with Crippen LogP contribution in [0.3, 0.4) is 0 Å². The SMILES string of the molecule is CCc1ccc(C(C)NCC(=O)NCC(c2ccccc2)N(C)C)cc1. The molecule has 2 rings (SSSR count). The number of aryl methyl sites for hydroxylation is 1. The van der Waals surface area contributed by atoms with Gasteiger partial charge >= 0.3 is 0 Å². The van der Waals surface area contributed by atoms with Crippen molar-refractivity contribution in [2.24, 2.45) is 0 Å². The first-order valence-electron chi connectivity index (χ1n) is 9.31. The first kappa shape index (κ1) is 20.1. The molecule has 140 valence electrons. The Morgan fingerprint density at radius 3 is 2.23 bits per heavy atom. The molecule has 4 nitrogen and oxygen atoms in total. The number of amides is 1. The molecule has 2 atom stereocenters. The lowest BCUT2D eigenvalue weighted by Crippen LogP contribution is -2.39. The Morgan fingerprint density at radius 2 is 1.65 bits per heavy atom. The van der Waals surface area contributed by atoms with Gasteiger partial charge in [0, 0.05) is 12.6 Å². The molecule has 4 heteroatoms. The molecule has 0 saturated heterocycles. The van der Waals surface area contributed by atoms with Crippen LogP contribution in [0.1, 0.15) is 42.6 Å². The van der Waals surface area contributed by atoms with E-state index < -0.39 is 0 Å². The van der Waals surface area contributed by atoms with E-state index in [2.05, 4.69) is 65.8 Å². The number of carbonyl (C=O) groups excluding carboxylic acids is 1. The van der Waals surface area contributed by atoms with Crippen LogP contribution in [-0.4, -0.2) is 38.0 Å². The van der Waals surface area contributed by atoms with Gasteiger partial charge in [-0.15, -0.1) is 0 Å². The first-order chi connectivity index (χ1) is 12.5. The fourth-order valence-corrected chi connectivity index (χ4v) is 2.95. The first-order valence-corrected chi connectivity index (χ1v) is 9.31. The Labute approximate surface area is 157 Å². The molecular formula is C22H31N3O. The van der Waals surface area contributed by atoms with E-state index in [0.29, 0.717) is 13.1 Å². The number of hydrogen-bond donors (Lipinski definition) is 2. The molecule has 26 heavy (non-hydrogen) atoms. The van der Waals surface area contributed by atoms with E-state index >= 15 is 0 Å². The van der Waals surface area contributed by atoms with Gasteiger partial charge in [-0.25, -0.2) is 0 Å². The van der Waals surface area contributed by atoms with Crippen LogP contribution in [0.25, 0.3) is 0 Å². The maximum Gasteiger partial charge on any atom is 0.234 e. The Morgan fingerprint density at radius 1 is 1.00 bits per heavy atom. The zero-order chi connectivity index (χ0) is 18.9. The zero-order valence-corrected chi connectivity index (χ0v) is 16.3. The van der Waals surface area contributed by atoms with E-state index in [-0.39, 0.29) is 18.0 Å². The van der Waals surface area contributed by atoms with Crippen molar-refractivity contribution in [2.75, 3.05) is 27.2 Å². The summed E-state index contributed by atoms with van der Waals surface area (Å²) in [7, 11) is 4.06. The third-order valence-electron chi connectivity index (χ3n) is 4.76. The summed E-state index contributed by atoms with van der Waals surface area (Å²) in [6.45, 7) is 5.14. The number of nitrogens with one attached hydrogen (secondary N) is 2. The summed E-state index contributed by atoms with van der Waals surface area (Å²) >= 11 is 0. The molecule has 0 aromatic heterocycles. The number of carbonyl (C=O) groups is 1. The van der Waals surface area contributed by atoms with E-state index in [9.17, 15) is 4.79 Å². The van der Waals surface area contributed by atoms with Crippen LogP contribution >= 0.6 is 0 Å². The lowest BCUT2D eigenvalue weighted by atomic mass is 10.0. The highest BCUT2D eigenvalue weighted by Crippen LogP contribution is 2.17. The van der Waals surface area contributed by atoms with E-state index in [4.69, 9.17) is 0 Å². The third-order valence-corrected chi connectivity index (χ3v) is 4.76. The van der Waals surface area contributed by atoms with Gasteiger partial charge in [-0.2, -0.15) is 0 Å². The molecule has 2 unspecified atom stereocenters. The molecule has 2 N–H and O–H groups in total. The Hall–Kier alpha value is -2.17. The average Bonchev–Trinajstić information content (AvgIpc) is 2.67. The van der Waals surface area contributed by atoms with Crippen molar-refractivity contribution in [1.29, 1.82) is 0 Å². The maximum absolute atomic E-state index is 12.2. The molecule has 0 aliphatic heterocycles. The molecule has 0 spiro atoms. The minimum absolute atomic E-state index is 0.0183. The van der Waals surface area contributed by atoms with Gasteiger partial charge in [0.2, 0.25) is 5.91 Å². The molecule has 0 fully saturated rings. The Bertz CT molecular complexity index is 668. The predicted molar refractivity (Wildman–Crippen MR) is 108 cm³/mol. The number of likely N-dealkylation sites (N-methyl/N-ethyl adjacent to an activating group) is 1. The smallest absolute Gasteiger partial charge is 0.234 e. The molecule has 1 amide bonds. The van der Waals surface area contributed by atoms with Crippen molar-refractivity contribution >= 4 is 5.91 Å². The quantitative estimate of drug-likeness (QED) is 0.727. The maximum atomic E-state index is 12.2. The van der Waals surface area contributed by atoms with Gasteiger partial charge in [-0.05, 0) is 44.1 Å². The minimum Gasteiger partial charge on any atom is -0.353 e. The van der Waals surface area contributed by atoms with Crippen molar-refractivity contribution in [1.82, 2.24) is 15.5 Å². The lowest BCUT2D eigenvalue weighted by molar-refractivity contribution is -0.120. The van der Waals surface area contributed by atoms with E-state index in [1.165, 1.54) is 16.7 Å². The number of benzene rings is 2. The summed E-state index contributed by atoms with van der Waals surface area (Å²) in [6.07, 6.45) is 1.04. The number of rotatable bonds is 9. The zero-order valence-electron chi connectivity index (χ0n) is 16.3. The molecule has 0 heterocycles. The topological polar surface area (TPSA) is 44.4 Å². The number of hydrogen-bond acceptors (Lipinski definition) is 3. The summed E-state index contributed by atoms with van der Waals surface area (Å²) in [6, 6.07) is 19.1. The summed E-state index contributed by atoms with van der Waals surface area (Å²) < 4.78 is 0. The monoisotopic (exact) mass is 353 g/mol. The second-order valence-electron chi connectivity index (χ2n) is 6.89. The van der Waals surface area contributed by atoms with Crippen LogP contribution in [-0.2, 0) is 11.2 Å². The van der Waals surface area contributed by atoms with Crippen molar-refractivity contribution in [3.8, 4) is 0 Å². The lowest BCUT2D eigenvalue weighted by Gasteiger charge is -2.25. The highest BCUT2D eigenvalue weighted by molar-refractivity contribution is 5.78. The minimum atomic E-state index is 0.0183. The second kappa shape index (κ2) is 10.1. The van der Waals surface area contributed by atoms with Crippen molar-refractivity contribution in [2.45, 2.75) is 32.4 Å². The fraction of sp³-hybridized carbons (Fsp3) is 0.409. The molecule has 2 aromatic rings. The van der Waals surface area contributed by atoms with Gasteiger partial charge in [0.15, 0.2) is 0 Å². The fourth-order valence-electron chi connectivity index (χ4n) is 2.95. The summed E-state index contributed by atoms with van der Waals surface area (Å²) in [5.74, 6) is 0.0183. The largest absolute Gasteiger partial charge is 0.353 e. The molecular weight excluding hydrogens is 322 g/mol. The van der Waals surface area contributed by atoms with Crippen LogP contribution < -0.4 is 10.6 Å². The van der Waals surface area contributed by atoms with Gasteiger partial charge < -0.3 is 15.5 Å². The summed E-state index contributed by atoms with van der Waals surface area (Å²) in [5, 5.41) is 6.35. The van der Waals surface area contributed by atoms with Crippen LogP contribution in [0.2, 0.25) is 0 Å². The van der Waals surface area contributed by atoms with Crippen molar-refractivity contribution < 1.29 is 4.79 Å². The molecule has 0 radical (unpaired) electrons. The Balaban J connectivity index is 1.81. The second-order valence-corrected chi connectivity index (χ2v) is 6.89. The van der Waals surface area contributed by atoms with Gasteiger partial charge in [0.1, 0.15) is 0 Å². The molecule has 0 aliphatic carbocycles. The average molecular weight is 354 g/mol.